The molecule has 0 aliphatic carbocycles. The number of rotatable bonds is 6. The number of aromatic nitrogens is 1. The molecule has 1 atom stereocenters. The average Bonchev–Trinajstić information content (AvgIpc) is 3.14. The molecule has 182 valence electrons. The number of hydrogen-bond acceptors (Lipinski definition) is 5. The Morgan fingerprint density at radius 3 is 2.46 bits per heavy atom. The Bertz CT molecular complexity index is 1490. The van der Waals surface area contributed by atoms with Gasteiger partial charge < -0.3 is 9.64 Å². The van der Waals surface area contributed by atoms with Crippen molar-refractivity contribution < 1.29 is 9.53 Å². The number of hydrogen-bond donors (Lipinski definition) is 0. The van der Waals surface area contributed by atoms with Crippen molar-refractivity contribution in [2.24, 2.45) is 4.99 Å². The maximum atomic E-state index is 13.7. The molecule has 0 N–H and O–H groups in total. The van der Waals surface area contributed by atoms with E-state index in [1.54, 1.807) is 46.9 Å². The summed E-state index contributed by atoms with van der Waals surface area (Å²) in [5.74, 6) is 0.426. The summed E-state index contributed by atoms with van der Waals surface area (Å²) in [4.78, 5) is 34.2. The van der Waals surface area contributed by atoms with Gasteiger partial charge in [0.25, 0.3) is 11.5 Å². The number of benzene rings is 2. The van der Waals surface area contributed by atoms with Gasteiger partial charge in [-0.2, -0.15) is 0 Å². The van der Waals surface area contributed by atoms with Crippen molar-refractivity contribution in [1.82, 2.24) is 9.47 Å². The number of allylic oxidation sites excluding steroid dienone is 1. The number of carbonyl (C=O) groups is 1. The molecule has 0 spiro atoms. The third-order valence-electron chi connectivity index (χ3n) is 5.96. The zero-order chi connectivity index (χ0) is 25.3. The monoisotopic (exact) mass is 529 g/mol. The van der Waals surface area contributed by atoms with E-state index in [9.17, 15) is 9.59 Å². The number of halogens is 2. The first kappa shape index (κ1) is 25.2. The zero-order valence-corrected chi connectivity index (χ0v) is 22.2. The average molecular weight is 530 g/mol. The minimum Gasteiger partial charge on any atom is -0.495 e. The molecule has 9 heteroatoms. The van der Waals surface area contributed by atoms with E-state index in [0.717, 1.165) is 11.1 Å². The highest BCUT2D eigenvalue weighted by molar-refractivity contribution is 7.07. The fraction of sp³-hybridized carbons (Fsp3) is 0.269. The molecule has 2 aromatic carbocycles. The molecule has 1 amide bonds. The molecule has 6 nitrogen and oxygen atoms in total. The SMILES string of the molecule is CCN(CC)C(=O)C1=C(C)N=c2s/c(=C\c3ccc(OC)c(Cl)c3)c(=O)n2[C@@H]1c1ccc(Cl)cc1. The third-order valence-corrected chi connectivity index (χ3v) is 7.49. The Kier molecular flexibility index (Phi) is 7.50. The second-order valence-electron chi connectivity index (χ2n) is 8.00. The largest absolute Gasteiger partial charge is 0.495 e. The molecule has 0 unspecified atom stereocenters. The maximum Gasteiger partial charge on any atom is 0.271 e. The second kappa shape index (κ2) is 10.4. The molecule has 1 aliphatic heterocycles. The predicted molar refractivity (Wildman–Crippen MR) is 141 cm³/mol. The molecule has 35 heavy (non-hydrogen) atoms. The van der Waals surface area contributed by atoms with E-state index in [2.05, 4.69) is 4.99 Å². The van der Waals surface area contributed by atoms with Crippen molar-refractivity contribution in [2.45, 2.75) is 26.8 Å². The third kappa shape index (κ3) is 4.81. The van der Waals surface area contributed by atoms with Crippen LogP contribution in [0.3, 0.4) is 0 Å². The lowest BCUT2D eigenvalue weighted by Crippen LogP contribution is -2.43. The number of thiazole rings is 1. The highest BCUT2D eigenvalue weighted by atomic mass is 35.5. The molecule has 0 fully saturated rings. The van der Waals surface area contributed by atoms with E-state index in [-0.39, 0.29) is 11.5 Å². The number of amides is 1. The molecule has 4 rings (SSSR count). The minimum absolute atomic E-state index is 0.132. The van der Waals surface area contributed by atoms with E-state index in [0.29, 0.717) is 49.5 Å². The first-order valence-corrected chi connectivity index (χ1v) is 12.8. The van der Waals surface area contributed by atoms with E-state index in [4.69, 9.17) is 27.9 Å². The fourth-order valence-corrected chi connectivity index (χ4v) is 5.60. The molecule has 0 saturated heterocycles. The summed E-state index contributed by atoms with van der Waals surface area (Å²) in [6, 6.07) is 12.0. The molecular weight excluding hydrogens is 505 g/mol. The lowest BCUT2D eigenvalue weighted by molar-refractivity contribution is -0.127. The molecule has 1 aromatic heterocycles. The number of nitrogens with zero attached hydrogens (tertiary/aromatic N) is 3. The molecule has 0 saturated carbocycles. The van der Waals surface area contributed by atoms with Crippen LogP contribution in [0.2, 0.25) is 10.0 Å². The van der Waals surface area contributed by atoms with Gasteiger partial charge in [0.05, 0.1) is 34.0 Å². The van der Waals surface area contributed by atoms with Crippen molar-refractivity contribution in [3.63, 3.8) is 0 Å². The van der Waals surface area contributed by atoms with Gasteiger partial charge in [0, 0.05) is 18.1 Å². The van der Waals surface area contributed by atoms with Gasteiger partial charge in [-0.25, -0.2) is 4.99 Å². The van der Waals surface area contributed by atoms with Gasteiger partial charge >= 0.3 is 0 Å². The number of carbonyl (C=O) groups excluding carboxylic acids is 1. The van der Waals surface area contributed by atoms with Crippen LogP contribution >= 0.6 is 34.5 Å². The molecular formula is C26H25Cl2N3O3S. The van der Waals surface area contributed by atoms with Crippen molar-refractivity contribution >= 4 is 46.5 Å². The Balaban J connectivity index is 1.93. The smallest absolute Gasteiger partial charge is 0.271 e. The summed E-state index contributed by atoms with van der Waals surface area (Å²) in [5.41, 5.74) is 2.42. The number of ether oxygens (including phenoxy) is 1. The Labute approximate surface area is 217 Å². The Hall–Kier alpha value is -2.87. The summed E-state index contributed by atoms with van der Waals surface area (Å²) < 4.78 is 7.32. The van der Waals surface area contributed by atoms with Gasteiger partial charge in [-0.3, -0.25) is 14.2 Å². The van der Waals surface area contributed by atoms with Crippen LogP contribution in [-0.2, 0) is 4.79 Å². The molecule has 0 bridgehead atoms. The van der Waals surface area contributed by atoms with Gasteiger partial charge in [0.15, 0.2) is 4.80 Å². The summed E-state index contributed by atoms with van der Waals surface area (Å²) in [6.45, 7) is 6.80. The van der Waals surface area contributed by atoms with Crippen molar-refractivity contribution in [1.29, 1.82) is 0 Å². The van der Waals surface area contributed by atoms with Crippen molar-refractivity contribution in [2.75, 3.05) is 20.2 Å². The predicted octanol–water partition coefficient (Wildman–Crippen LogP) is 4.42. The van der Waals surface area contributed by atoms with Gasteiger partial charge in [0.2, 0.25) is 0 Å². The molecule has 3 aromatic rings. The quantitative estimate of drug-likeness (QED) is 0.474. The standard InChI is InChI=1S/C26H25Cl2N3O3S/c1-5-30(6-2)25(33)22-15(3)29-26-31(23(22)17-8-10-18(27)11-9-17)24(32)21(35-26)14-16-7-12-20(34-4)19(28)13-16/h7-14,23H,5-6H2,1-4H3/b21-14-/t23-/m1/s1. The normalized spacial score (nSPS) is 15.6. The Morgan fingerprint density at radius 1 is 1.17 bits per heavy atom. The van der Waals surface area contributed by atoms with Gasteiger partial charge in [-0.15, -0.1) is 0 Å². The van der Waals surface area contributed by atoms with Crippen LogP contribution in [0.4, 0.5) is 0 Å². The summed E-state index contributed by atoms with van der Waals surface area (Å²) in [6.07, 6.45) is 1.78. The van der Waals surface area contributed by atoms with Crippen LogP contribution < -0.4 is 19.6 Å². The van der Waals surface area contributed by atoms with E-state index >= 15 is 0 Å². The Morgan fingerprint density at radius 2 is 1.86 bits per heavy atom. The van der Waals surface area contributed by atoms with Crippen LogP contribution in [0.25, 0.3) is 6.08 Å². The lowest BCUT2D eigenvalue weighted by Gasteiger charge is -2.29. The van der Waals surface area contributed by atoms with Crippen LogP contribution in [0.15, 0.2) is 63.5 Å². The van der Waals surface area contributed by atoms with E-state index in [1.165, 1.54) is 11.3 Å². The number of likely N-dealkylation sites (N-methyl/N-ethyl adjacent to an activating group) is 1. The van der Waals surface area contributed by atoms with Gasteiger partial charge in [0.1, 0.15) is 5.75 Å². The topological polar surface area (TPSA) is 63.9 Å². The number of fused-ring (bicyclic) bond motifs is 1. The first-order valence-electron chi connectivity index (χ1n) is 11.2. The van der Waals surface area contributed by atoms with Crippen LogP contribution in [0.1, 0.15) is 37.9 Å². The highest BCUT2D eigenvalue weighted by Gasteiger charge is 2.34. The van der Waals surface area contributed by atoms with Crippen LogP contribution in [0, 0.1) is 0 Å². The van der Waals surface area contributed by atoms with Gasteiger partial charge in [-0.1, -0.05) is 52.7 Å². The summed E-state index contributed by atoms with van der Waals surface area (Å²) >= 11 is 13.7. The fourth-order valence-electron chi connectivity index (χ4n) is 4.16. The molecule has 0 radical (unpaired) electrons. The molecule has 2 heterocycles. The second-order valence-corrected chi connectivity index (χ2v) is 9.86. The highest BCUT2D eigenvalue weighted by Crippen LogP contribution is 2.32. The van der Waals surface area contributed by atoms with E-state index < -0.39 is 6.04 Å². The molecule has 1 aliphatic rings. The van der Waals surface area contributed by atoms with Crippen molar-refractivity contribution in [3.05, 3.63) is 94.6 Å². The van der Waals surface area contributed by atoms with E-state index in [1.807, 2.05) is 39.0 Å². The lowest BCUT2D eigenvalue weighted by atomic mass is 9.94. The first-order chi connectivity index (χ1) is 16.8. The van der Waals surface area contributed by atoms with Crippen molar-refractivity contribution in [3.8, 4) is 5.75 Å². The van der Waals surface area contributed by atoms with Gasteiger partial charge in [-0.05, 0) is 62.2 Å². The number of methoxy groups -OCH3 is 1. The maximum absolute atomic E-state index is 13.7. The van der Waals surface area contributed by atoms with Crippen LogP contribution in [-0.4, -0.2) is 35.6 Å². The van der Waals surface area contributed by atoms with Crippen LogP contribution in [0.5, 0.6) is 5.75 Å². The summed E-state index contributed by atoms with van der Waals surface area (Å²) in [7, 11) is 1.55. The minimum atomic E-state index is -0.613. The summed E-state index contributed by atoms with van der Waals surface area (Å²) in [5, 5.41) is 1.03. The zero-order valence-electron chi connectivity index (χ0n) is 19.8.